The van der Waals surface area contributed by atoms with Crippen LogP contribution in [0.25, 0.3) is 0 Å². The molecule has 0 heterocycles. The van der Waals surface area contributed by atoms with Crippen LogP contribution in [0.3, 0.4) is 0 Å². The molecule has 6 nitrogen and oxygen atoms in total. The average molecular weight is 432 g/mol. The van der Waals surface area contributed by atoms with Crippen molar-refractivity contribution in [2.45, 2.75) is 26.7 Å². The first-order valence-corrected chi connectivity index (χ1v) is 10.8. The van der Waals surface area contributed by atoms with Crippen molar-refractivity contribution in [1.82, 2.24) is 0 Å². The van der Waals surface area contributed by atoms with E-state index in [0.717, 1.165) is 29.8 Å². The fourth-order valence-corrected chi connectivity index (χ4v) is 3.02. The van der Waals surface area contributed by atoms with Gasteiger partial charge >= 0.3 is 0 Å². The summed E-state index contributed by atoms with van der Waals surface area (Å²) < 4.78 is 5.62. The summed E-state index contributed by atoms with van der Waals surface area (Å²) in [5, 5.41) is 8.81. The van der Waals surface area contributed by atoms with Crippen LogP contribution in [-0.2, 0) is 4.79 Å². The molecule has 0 bridgehead atoms. The first-order chi connectivity index (χ1) is 15.5. The summed E-state index contributed by atoms with van der Waals surface area (Å²) in [6.07, 6.45) is 2.11. The van der Waals surface area contributed by atoms with Gasteiger partial charge in [-0.2, -0.15) is 0 Å². The van der Waals surface area contributed by atoms with Gasteiger partial charge in [0.25, 0.3) is 5.91 Å². The predicted molar refractivity (Wildman–Crippen MR) is 130 cm³/mol. The van der Waals surface area contributed by atoms with E-state index in [-0.39, 0.29) is 18.4 Å². The Labute approximate surface area is 189 Å². The number of rotatable bonds is 10. The maximum Gasteiger partial charge on any atom is 0.255 e. The van der Waals surface area contributed by atoms with Crippen LogP contribution in [0.2, 0.25) is 0 Å². The Balaban J connectivity index is 1.44. The van der Waals surface area contributed by atoms with Gasteiger partial charge in [-0.3, -0.25) is 9.59 Å². The molecule has 0 aliphatic rings. The summed E-state index contributed by atoms with van der Waals surface area (Å²) in [6, 6.07) is 22.0. The van der Waals surface area contributed by atoms with Gasteiger partial charge < -0.3 is 20.7 Å². The zero-order chi connectivity index (χ0) is 22.8. The minimum absolute atomic E-state index is 0.129. The Morgan fingerprint density at radius 3 is 2.19 bits per heavy atom. The highest BCUT2D eigenvalue weighted by atomic mass is 16.5. The monoisotopic (exact) mass is 431 g/mol. The van der Waals surface area contributed by atoms with Crippen molar-refractivity contribution in [2.24, 2.45) is 0 Å². The minimum Gasteiger partial charge on any atom is -0.494 e. The Kier molecular flexibility index (Phi) is 8.26. The molecule has 0 spiro atoms. The number of unbranched alkanes of at least 4 members (excludes halogenated alkanes) is 1. The average Bonchev–Trinajstić information content (AvgIpc) is 2.80. The van der Waals surface area contributed by atoms with Gasteiger partial charge in [0, 0.05) is 22.6 Å². The van der Waals surface area contributed by atoms with Crippen molar-refractivity contribution >= 4 is 28.9 Å². The number of aryl methyl sites for hydroxylation is 1. The van der Waals surface area contributed by atoms with Crippen LogP contribution in [0.15, 0.2) is 72.8 Å². The molecule has 2 amide bonds. The van der Waals surface area contributed by atoms with Gasteiger partial charge in [0.15, 0.2) is 0 Å². The molecular weight excluding hydrogens is 402 g/mol. The number of ether oxygens (including phenoxy) is 1. The molecule has 3 aromatic carbocycles. The summed E-state index contributed by atoms with van der Waals surface area (Å²) in [5.74, 6) is 0.487. The molecule has 0 aliphatic carbocycles. The fourth-order valence-electron chi connectivity index (χ4n) is 3.02. The molecule has 0 unspecified atom stereocenters. The number of nitrogens with one attached hydrogen (secondary N) is 3. The molecule has 32 heavy (non-hydrogen) atoms. The van der Waals surface area contributed by atoms with Crippen LogP contribution in [0.1, 0.15) is 35.7 Å². The van der Waals surface area contributed by atoms with Crippen LogP contribution in [0.5, 0.6) is 5.75 Å². The quantitative estimate of drug-likeness (QED) is 0.372. The van der Waals surface area contributed by atoms with Crippen molar-refractivity contribution < 1.29 is 14.3 Å². The lowest BCUT2D eigenvalue weighted by Gasteiger charge is -2.10. The predicted octanol–water partition coefficient (Wildman–Crippen LogP) is 5.48. The third kappa shape index (κ3) is 7.16. The van der Waals surface area contributed by atoms with E-state index in [1.807, 2.05) is 61.5 Å². The van der Waals surface area contributed by atoms with E-state index in [2.05, 4.69) is 22.9 Å². The second-order valence-corrected chi connectivity index (χ2v) is 7.53. The summed E-state index contributed by atoms with van der Waals surface area (Å²) in [7, 11) is 0. The van der Waals surface area contributed by atoms with E-state index in [9.17, 15) is 9.59 Å². The summed E-state index contributed by atoms with van der Waals surface area (Å²) in [4.78, 5) is 24.6. The molecule has 3 aromatic rings. The smallest absolute Gasteiger partial charge is 0.255 e. The van der Waals surface area contributed by atoms with E-state index in [4.69, 9.17) is 4.74 Å². The zero-order valence-corrected chi connectivity index (χ0v) is 18.5. The van der Waals surface area contributed by atoms with E-state index in [1.165, 1.54) is 0 Å². The number of hydrogen-bond acceptors (Lipinski definition) is 4. The van der Waals surface area contributed by atoms with Gasteiger partial charge in [-0.05, 0) is 74.0 Å². The van der Waals surface area contributed by atoms with E-state index in [1.54, 1.807) is 18.2 Å². The second-order valence-electron chi connectivity index (χ2n) is 7.53. The molecule has 166 valence electrons. The van der Waals surface area contributed by atoms with E-state index < -0.39 is 0 Å². The molecule has 0 radical (unpaired) electrons. The first-order valence-electron chi connectivity index (χ1n) is 10.8. The lowest BCUT2D eigenvalue weighted by Crippen LogP contribution is -2.21. The molecule has 0 fully saturated rings. The Hall–Kier alpha value is -3.80. The molecule has 3 rings (SSSR count). The largest absolute Gasteiger partial charge is 0.494 e. The van der Waals surface area contributed by atoms with E-state index in [0.29, 0.717) is 23.5 Å². The van der Waals surface area contributed by atoms with Crippen LogP contribution in [-0.4, -0.2) is 25.0 Å². The molecule has 3 N–H and O–H groups in total. The minimum atomic E-state index is -0.157. The van der Waals surface area contributed by atoms with Crippen LogP contribution < -0.4 is 20.7 Å². The van der Waals surface area contributed by atoms with Crippen LogP contribution in [0, 0.1) is 6.92 Å². The number of hydrogen-bond donors (Lipinski definition) is 3. The highest BCUT2D eigenvalue weighted by molar-refractivity contribution is 6.04. The van der Waals surface area contributed by atoms with Gasteiger partial charge in [-0.1, -0.05) is 31.0 Å². The number of carbonyl (C=O) groups is 2. The fraction of sp³-hybridized carbons (Fsp3) is 0.231. The zero-order valence-electron chi connectivity index (χ0n) is 18.5. The van der Waals surface area contributed by atoms with Gasteiger partial charge in [-0.25, -0.2) is 0 Å². The normalized spacial score (nSPS) is 10.3. The van der Waals surface area contributed by atoms with Gasteiger partial charge in [-0.15, -0.1) is 0 Å². The van der Waals surface area contributed by atoms with Gasteiger partial charge in [0.2, 0.25) is 5.91 Å². The van der Waals surface area contributed by atoms with Gasteiger partial charge in [0.05, 0.1) is 13.2 Å². The number of carbonyl (C=O) groups excluding carboxylic acids is 2. The Bertz CT molecular complexity index is 1030. The maximum atomic E-state index is 12.3. The molecule has 0 saturated heterocycles. The maximum absolute atomic E-state index is 12.3. The Morgan fingerprint density at radius 2 is 1.50 bits per heavy atom. The number of amides is 2. The van der Waals surface area contributed by atoms with Crippen molar-refractivity contribution in [3.63, 3.8) is 0 Å². The molecular formula is C26H29N3O3. The van der Waals surface area contributed by atoms with Crippen molar-refractivity contribution in [1.29, 1.82) is 0 Å². The van der Waals surface area contributed by atoms with Crippen molar-refractivity contribution in [3.05, 3.63) is 83.9 Å². The second kappa shape index (κ2) is 11.6. The lowest BCUT2D eigenvalue weighted by molar-refractivity contribution is -0.114. The SMILES string of the molecule is CCCCOc1ccc(NC(=O)CNc2ccc(NC(=O)c3cccc(C)c3)cc2)cc1. The summed E-state index contributed by atoms with van der Waals surface area (Å²) in [5.41, 5.74) is 3.84. The lowest BCUT2D eigenvalue weighted by atomic mass is 10.1. The standard InChI is InChI=1S/C26H29N3O3/c1-3-4-16-32-24-14-12-22(13-15-24)28-25(30)18-27-21-8-10-23(11-9-21)29-26(31)20-7-5-6-19(2)17-20/h5-15,17,27H,3-4,16,18H2,1-2H3,(H,28,30)(H,29,31). The third-order valence-corrected chi connectivity index (χ3v) is 4.78. The highest BCUT2D eigenvalue weighted by Crippen LogP contribution is 2.17. The molecule has 0 aliphatic heterocycles. The number of anilines is 3. The molecule has 6 heteroatoms. The molecule has 0 aromatic heterocycles. The molecule has 0 atom stereocenters. The number of benzene rings is 3. The van der Waals surface area contributed by atoms with Gasteiger partial charge in [0.1, 0.15) is 5.75 Å². The third-order valence-electron chi connectivity index (χ3n) is 4.78. The summed E-state index contributed by atoms with van der Waals surface area (Å²) >= 11 is 0. The van der Waals surface area contributed by atoms with Crippen molar-refractivity contribution in [2.75, 3.05) is 29.1 Å². The van der Waals surface area contributed by atoms with E-state index >= 15 is 0 Å². The molecule has 0 saturated carbocycles. The van der Waals surface area contributed by atoms with Crippen LogP contribution >= 0.6 is 0 Å². The first kappa shape index (κ1) is 22.9. The highest BCUT2D eigenvalue weighted by Gasteiger charge is 2.07. The van der Waals surface area contributed by atoms with Crippen LogP contribution in [0.4, 0.5) is 17.1 Å². The van der Waals surface area contributed by atoms with Crippen molar-refractivity contribution in [3.8, 4) is 5.75 Å². The Morgan fingerprint density at radius 1 is 0.844 bits per heavy atom. The summed E-state index contributed by atoms with van der Waals surface area (Å²) in [6.45, 7) is 4.89. The topological polar surface area (TPSA) is 79.5 Å².